The molecule has 0 bridgehead atoms. The molecular formula is C13H13ClFN3O2S. The maximum atomic E-state index is 13.7. The Morgan fingerprint density at radius 1 is 1.43 bits per heavy atom. The molecule has 1 aromatic heterocycles. The molecule has 0 fully saturated rings. The topological polar surface area (TPSA) is 59.2 Å². The van der Waals surface area contributed by atoms with E-state index in [2.05, 4.69) is 10.2 Å². The second kappa shape index (κ2) is 6.91. The molecule has 1 aromatic carbocycles. The van der Waals surface area contributed by atoms with Crippen LogP contribution in [-0.4, -0.2) is 40.9 Å². The van der Waals surface area contributed by atoms with Gasteiger partial charge in [0.05, 0.1) is 12.2 Å². The van der Waals surface area contributed by atoms with Crippen molar-refractivity contribution in [3.63, 3.8) is 0 Å². The zero-order chi connectivity index (χ0) is 15.4. The summed E-state index contributed by atoms with van der Waals surface area (Å²) < 4.78 is 19.0. The van der Waals surface area contributed by atoms with E-state index in [0.29, 0.717) is 10.6 Å². The molecule has 0 saturated heterocycles. The van der Waals surface area contributed by atoms with Gasteiger partial charge in [-0.15, -0.1) is 10.2 Å². The third-order valence-electron chi connectivity index (χ3n) is 2.66. The van der Waals surface area contributed by atoms with Gasteiger partial charge in [-0.2, -0.15) is 0 Å². The van der Waals surface area contributed by atoms with Crippen LogP contribution in [0.3, 0.4) is 0 Å². The van der Waals surface area contributed by atoms with Crippen molar-refractivity contribution < 1.29 is 13.6 Å². The number of carbonyl (C=O) groups excluding carboxylic acids is 1. The number of rotatable bonds is 5. The Morgan fingerprint density at radius 3 is 2.86 bits per heavy atom. The highest BCUT2D eigenvalue weighted by Crippen LogP contribution is 2.23. The average molecular weight is 330 g/mol. The van der Waals surface area contributed by atoms with E-state index < -0.39 is 5.82 Å². The monoisotopic (exact) mass is 329 g/mol. The van der Waals surface area contributed by atoms with Crippen LogP contribution < -0.4 is 0 Å². The molecule has 1 amide bonds. The van der Waals surface area contributed by atoms with Gasteiger partial charge < -0.3 is 9.32 Å². The Morgan fingerprint density at radius 2 is 2.19 bits per heavy atom. The fourth-order valence-corrected chi connectivity index (χ4v) is 2.46. The van der Waals surface area contributed by atoms with Gasteiger partial charge in [0.15, 0.2) is 0 Å². The fraction of sp³-hybridized carbons (Fsp3) is 0.308. The third kappa shape index (κ3) is 4.18. The average Bonchev–Trinajstić information content (AvgIpc) is 2.88. The molecule has 8 heteroatoms. The van der Waals surface area contributed by atoms with E-state index in [-0.39, 0.29) is 29.2 Å². The fourth-order valence-electron chi connectivity index (χ4n) is 1.47. The second-order valence-corrected chi connectivity index (χ2v) is 5.75. The lowest BCUT2D eigenvalue weighted by atomic mass is 10.1. The zero-order valence-corrected chi connectivity index (χ0v) is 13.0. The molecule has 0 aliphatic rings. The first kappa shape index (κ1) is 15.8. The van der Waals surface area contributed by atoms with E-state index in [9.17, 15) is 9.18 Å². The Balaban J connectivity index is 2.02. The molecule has 0 N–H and O–H groups in total. The van der Waals surface area contributed by atoms with Crippen LogP contribution in [0.15, 0.2) is 27.8 Å². The van der Waals surface area contributed by atoms with Crippen LogP contribution >= 0.6 is 23.4 Å². The summed E-state index contributed by atoms with van der Waals surface area (Å²) in [6.45, 7) is 0. The molecule has 0 radical (unpaired) electrons. The molecule has 2 rings (SSSR count). The number of hydrogen-bond acceptors (Lipinski definition) is 5. The van der Waals surface area contributed by atoms with E-state index >= 15 is 0 Å². The lowest BCUT2D eigenvalue weighted by Gasteiger charge is -2.07. The number of nitrogens with zero attached hydrogens (tertiary/aromatic N) is 3. The van der Waals surface area contributed by atoms with Crippen molar-refractivity contribution in [2.24, 2.45) is 0 Å². The van der Waals surface area contributed by atoms with E-state index in [4.69, 9.17) is 16.0 Å². The molecule has 112 valence electrons. The summed E-state index contributed by atoms with van der Waals surface area (Å²) in [5, 5.41) is 8.22. The summed E-state index contributed by atoms with van der Waals surface area (Å²) in [5.41, 5.74) is 0.309. The molecule has 0 unspecified atom stereocenters. The number of benzene rings is 1. The van der Waals surface area contributed by atoms with Gasteiger partial charge in [-0.3, -0.25) is 4.79 Å². The lowest BCUT2D eigenvalue weighted by Crippen LogP contribution is -2.23. The molecule has 1 heterocycles. The molecule has 21 heavy (non-hydrogen) atoms. The summed E-state index contributed by atoms with van der Waals surface area (Å²) in [4.78, 5) is 12.9. The summed E-state index contributed by atoms with van der Waals surface area (Å²) in [6.07, 6.45) is 0.112. The highest BCUT2D eigenvalue weighted by molar-refractivity contribution is 7.99. The van der Waals surface area contributed by atoms with Gasteiger partial charge in [0.2, 0.25) is 11.8 Å². The SMILES string of the molecule is CN(C)C(=O)CSc1nnc(Cc2c(F)cccc2Cl)o1. The van der Waals surface area contributed by atoms with Crippen LogP contribution in [0.5, 0.6) is 0 Å². The number of thioether (sulfide) groups is 1. The van der Waals surface area contributed by atoms with Crippen molar-refractivity contribution in [2.45, 2.75) is 11.6 Å². The van der Waals surface area contributed by atoms with Crippen molar-refractivity contribution in [3.05, 3.63) is 40.5 Å². The maximum absolute atomic E-state index is 13.7. The van der Waals surface area contributed by atoms with E-state index in [1.54, 1.807) is 20.2 Å². The van der Waals surface area contributed by atoms with Crippen molar-refractivity contribution in [2.75, 3.05) is 19.8 Å². The standard InChI is InChI=1S/C13H13ClFN3O2S/c1-18(2)12(19)7-21-13-17-16-11(20-13)6-8-9(14)4-3-5-10(8)15/h3-5H,6-7H2,1-2H3. The van der Waals surface area contributed by atoms with Crippen LogP contribution in [0.2, 0.25) is 5.02 Å². The minimum Gasteiger partial charge on any atom is -0.416 e. The van der Waals surface area contributed by atoms with Gasteiger partial charge in [-0.25, -0.2) is 4.39 Å². The highest BCUT2D eigenvalue weighted by atomic mass is 35.5. The van der Waals surface area contributed by atoms with Crippen LogP contribution in [0.4, 0.5) is 4.39 Å². The molecule has 0 aliphatic heterocycles. The number of hydrogen-bond donors (Lipinski definition) is 0. The minimum absolute atomic E-state index is 0.0584. The van der Waals surface area contributed by atoms with Crippen molar-refractivity contribution >= 4 is 29.3 Å². The maximum Gasteiger partial charge on any atom is 0.277 e. The quantitative estimate of drug-likeness (QED) is 0.789. The molecule has 0 spiro atoms. The van der Waals surface area contributed by atoms with Gasteiger partial charge >= 0.3 is 0 Å². The first-order chi connectivity index (χ1) is 9.97. The molecular weight excluding hydrogens is 317 g/mol. The summed E-state index contributed by atoms with van der Waals surface area (Å²) in [7, 11) is 3.34. The largest absolute Gasteiger partial charge is 0.416 e. The van der Waals surface area contributed by atoms with Gasteiger partial charge in [0, 0.05) is 24.7 Å². The van der Waals surface area contributed by atoms with E-state index in [1.165, 1.54) is 17.0 Å². The summed E-state index contributed by atoms with van der Waals surface area (Å²) >= 11 is 7.08. The predicted molar refractivity (Wildman–Crippen MR) is 77.9 cm³/mol. The molecule has 5 nitrogen and oxygen atoms in total. The lowest BCUT2D eigenvalue weighted by molar-refractivity contribution is -0.125. The Hall–Kier alpha value is -1.60. The number of carbonyl (C=O) groups is 1. The third-order valence-corrected chi connectivity index (χ3v) is 3.81. The van der Waals surface area contributed by atoms with Crippen molar-refractivity contribution in [3.8, 4) is 0 Å². The highest BCUT2D eigenvalue weighted by Gasteiger charge is 2.14. The molecule has 0 aliphatic carbocycles. The number of halogens is 2. The van der Waals surface area contributed by atoms with Crippen LogP contribution in [-0.2, 0) is 11.2 Å². The predicted octanol–water partition coefficient (Wildman–Crippen LogP) is 2.63. The first-order valence-corrected chi connectivity index (χ1v) is 7.42. The van der Waals surface area contributed by atoms with Crippen LogP contribution in [0.25, 0.3) is 0 Å². The van der Waals surface area contributed by atoms with E-state index in [0.717, 1.165) is 11.8 Å². The van der Waals surface area contributed by atoms with Crippen LogP contribution in [0, 0.1) is 5.82 Å². The Labute approximate surface area is 130 Å². The smallest absolute Gasteiger partial charge is 0.277 e. The number of amides is 1. The molecule has 0 atom stereocenters. The van der Waals surface area contributed by atoms with Gasteiger partial charge in [-0.1, -0.05) is 29.4 Å². The zero-order valence-electron chi connectivity index (χ0n) is 11.5. The first-order valence-electron chi connectivity index (χ1n) is 6.05. The van der Waals surface area contributed by atoms with Crippen LogP contribution in [0.1, 0.15) is 11.5 Å². The van der Waals surface area contributed by atoms with Gasteiger partial charge in [0.1, 0.15) is 5.82 Å². The second-order valence-electron chi connectivity index (χ2n) is 4.42. The van der Waals surface area contributed by atoms with E-state index in [1.807, 2.05) is 0 Å². The summed E-state index contributed by atoms with van der Waals surface area (Å²) in [6, 6.07) is 4.45. The van der Waals surface area contributed by atoms with Crippen molar-refractivity contribution in [1.29, 1.82) is 0 Å². The minimum atomic E-state index is -0.419. The van der Waals surface area contributed by atoms with Crippen molar-refractivity contribution in [1.82, 2.24) is 15.1 Å². The summed E-state index contributed by atoms with van der Waals surface area (Å²) in [5.74, 6) is -0.0221. The molecule has 0 saturated carbocycles. The Kier molecular flexibility index (Phi) is 5.19. The van der Waals surface area contributed by atoms with Gasteiger partial charge in [0.25, 0.3) is 5.22 Å². The number of aromatic nitrogens is 2. The Bertz CT molecular complexity index is 628. The molecule has 2 aromatic rings. The van der Waals surface area contributed by atoms with Gasteiger partial charge in [-0.05, 0) is 12.1 Å². The normalized spacial score (nSPS) is 10.7.